The van der Waals surface area contributed by atoms with E-state index in [1.807, 2.05) is 23.1 Å². The summed E-state index contributed by atoms with van der Waals surface area (Å²) in [6.07, 6.45) is 0.860. The van der Waals surface area contributed by atoms with Gasteiger partial charge in [-0.25, -0.2) is 0 Å². The largest absolute Gasteiger partial charge is 0.332 e. The summed E-state index contributed by atoms with van der Waals surface area (Å²) in [4.78, 5) is 28.9. The third kappa shape index (κ3) is 2.90. The predicted octanol–water partition coefficient (Wildman–Crippen LogP) is 3.58. The first-order chi connectivity index (χ1) is 12.0. The number of hydrogen-bond donors (Lipinski definition) is 0. The average molecular weight is 375 g/mol. The van der Waals surface area contributed by atoms with Crippen LogP contribution in [0, 0.1) is 0 Å². The molecule has 0 unspecified atom stereocenters. The van der Waals surface area contributed by atoms with Gasteiger partial charge in [-0.2, -0.15) is 0 Å². The van der Waals surface area contributed by atoms with Gasteiger partial charge in [0, 0.05) is 18.7 Å². The van der Waals surface area contributed by atoms with Crippen molar-refractivity contribution in [1.82, 2.24) is 9.80 Å². The van der Waals surface area contributed by atoms with Gasteiger partial charge in [-0.15, -0.1) is 0 Å². The molecule has 4 rings (SSSR count). The number of carbonyl (C=O) groups excluding carboxylic acids is 2. The molecule has 0 saturated carbocycles. The lowest BCUT2D eigenvalue weighted by molar-refractivity contribution is -0.139. The Hall–Kier alpha value is -2.04. The number of piperazine rings is 1. The van der Waals surface area contributed by atoms with Crippen LogP contribution in [0.15, 0.2) is 42.5 Å². The van der Waals surface area contributed by atoms with Crippen LogP contribution in [0.4, 0.5) is 0 Å². The van der Waals surface area contributed by atoms with E-state index in [0.29, 0.717) is 28.7 Å². The van der Waals surface area contributed by atoms with E-state index in [1.54, 1.807) is 23.1 Å². The number of fused-ring (bicyclic) bond motifs is 3. The van der Waals surface area contributed by atoms with E-state index in [0.717, 1.165) is 12.0 Å². The van der Waals surface area contributed by atoms with E-state index in [-0.39, 0.29) is 24.4 Å². The Morgan fingerprint density at radius 2 is 1.88 bits per heavy atom. The Balaban J connectivity index is 1.64. The monoisotopic (exact) mass is 374 g/mol. The highest BCUT2D eigenvalue weighted by Gasteiger charge is 2.38. The van der Waals surface area contributed by atoms with Gasteiger partial charge < -0.3 is 9.80 Å². The van der Waals surface area contributed by atoms with E-state index in [2.05, 4.69) is 6.07 Å². The van der Waals surface area contributed by atoms with Crippen molar-refractivity contribution in [2.45, 2.75) is 12.5 Å². The Labute approximate surface area is 155 Å². The second-order valence-corrected chi connectivity index (χ2v) is 7.18. The van der Waals surface area contributed by atoms with Crippen molar-refractivity contribution in [1.29, 1.82) is 0 Å². The molecule has 2 amide bonds. The third-order valence-electron chi connectivity index (χ3n) is 4.91. The van der Waals surface area contributed by atoms with Crippen LogP contribution < -0.4 is 0 Å². The van der Waals surface area contributed by atoms with Crippen molar-refractivity contribution >= 4 is 35.0 Å². The number of benzene rings is 2. The molecule has 1 saturated heterocycles. The molecule has 1 atom stereocenters. The number of halogens is 2. The number of hydrogen-bond acceptors (Lipinski definition) is 2. The fourth-order valence-corrected chi connectivity index (χ4v) is 3.94. The highest BCUT2D eigenvalue weighted by Crippen LogP contribution is 2.33. The molecule has 2 aliphatic heterocycles. The summed E-state index contributed by atoms with van der Waals surface area (Å²) < 4.78 is 0. The summed E-state index contributed by atoms with van der Waals surface area (Å²) in [5, 5.41) is 0.737. The first-order valence-corrected chi connectivity index (χ1v) is 8.92. The SMILES string of the molecule is O=C(c1ccc(Cl)c(Cl)c1)N1CC(=O)N2CCc3ccccc3[C@@H]2C1. The zero-order valence-corrected chi connectivity index (χ0v) is 14.9. The second-order valence-electron chi connectivity index (χ2n) is 6.37. The minimum Gasteiger partial charge on any atom is -0.332 e. The smallest absolute Gasteiger partial charge is 0.254 e. The second kappa shape index (κ2) is 6.36. The normalized spacial score (nSPS) is 19.4. The highest BCUT2D eigenvalue weighted by molar-refractivity contribution is 6.42. The van der Waals surface area contributed by atoms with Gasteiger partial charge >= 0.3 is 0 Å². The van der Waals surface area contributed by atoms with Gasteiger partial charge in [0.1, 0.15) is 6.54 Å². The minimum absolute atomic E-state index is 0.0147. The Bertz CT molecular complexity index is 868. The number of amides is 2. The van der Waals surface area contributed by atoms with Crippen LogP contribution in [0.1, 0.15) is 27.5 Å². The first kappa shape index (κ1) is 16.4. The van der Waals surface area contributed by atoms with E-state index in [1.165, 1.54) is 5.56 Å². The first-order valence-electron chi connectivity index (χ1n) is 8.16. The minimum atomic E-state index is -0.199. The fraction of sp³-hybridized carbons (Fsp3) is 0.263. The lowest BCUT2D eigenvalue weighted by Gasteiger charge is -2.44. The van der Waals surface area contributed by atoms with Crippen molar-refractivity contribution < 1.29 is 9.59 Å². The molecule has 0 spiro atoms. The van der Waals surface area contributed by atoms with Crippen LogP contribution in [0.25, 0.3) is 0 Å². The van der Waals surface area contributed by atoms with Gasteiger partial charge in [-0.1, -0.05) is 47.5 Å². The maximum absolute atomic E-state index is 12.8. The van der Waals surface area contributed by atoms with Crippen LogP contribution in [-0.2, 0) is 11.2 Å². The molecule has 0 bridgehead atoms. The van der Waals surface area contributed by atoms with Crippen molar-refractivity contribution in [3.8, 4) is 0 Å². The molecule has 2 heterocycles. The zero-order valence-electron chi connectivity index (χ0n) is 13.4. The number of nitrogens with zero attached hydrogens (tertiary/aromatic N) is 2. The number of rotatable bonds is 1. The third-order valence-corrected chi connectivity index (χ3v) is 5.64. The fourth-order valence-electron chi connectivity index (χ4n) is 3.64. The van der Waals surface area contributed by atoms with E-state index in [4.69, 9.17) is 23.2 Å². The zero-order chi connectivity index (χ0) is 17.6. The quantitative estimate of drug-likeness (QED) is 0.765. The Morgan fingerprint density at radius 1 is 1.08 bits per heavy atom. The molecule has 0 aliphatic carbocycles. The molecule has 0 N–H and O–H groups in total. The maximum Gasteiger partial charge on any atom is 0.254 e. The van der Waals surface area contributed by atoms with Crippen molar-refractivity contribution in [3.63, 3.8) is 0 Å². The lowest BCUT2D eigenvalue weighted by atomic mass is 9.90. The summed E-state index contributed by atoms with van der Waals surface area (Å²) in [6.45, 7) is 1.29. The summed E-state index contributed by atoms with van der Waals surface area (Å²) in [5.41, 5.74) is 2.83. The van der Waals surface area contributed by atoms with Gasteiger partial charge in [0.2, 0.25) is 5.91 Å². The van der Waals surface area contributed by atoms with Gasteiger partial charge in [0.25, 0.3) is 5.91 Å². The molecule has 6 heteroatoms. The summed E-state index contributed by atoms with van der Waals surface area (Å²) in [5.74, 6) is -0.214. The molecule has 128 valence electrons. The lowest BCUT2D eigenvalue weighted by Crippen LogP contribution is -2.55. The van der Waals surface area contributed by atoms with Crippen molar-refractivity contribution in [3.05, 3.63) is 69.2 Å². The maximum atomic E-state index is 12.8. The molecule has 2 aliphatic rings. The Kier molecular flexibility index (Phi) is 4.18. The highest BCUT2D eigenvalue weighted by atomic mass is 35.5. The summed E-state index contributed by atoms with van der Waals surface area (Å²) in [6, 6.07) is 12.8. The molecule has 2 aromatic rings. The summed E-state index contributed by atoms with van der Waals surface area (Å²) in [7, 11) is 0. The molecular weight excluding hydrogens is 359 g/mol. The molecule has 25 heavy (non-hydrogen) atoms. The van der Waals surface area contributed by atoms with Gasteiger partial charge in [-0.3, -0.25) is 9.59 Å². The van der Waals surface area contributed by atoms with Gasteiger partial charge in [-0.05, 0) is 35.7 Å². The van der Waals surface area contributed by atoms with Crippen LogP contribution in [-0.4, -0.2) is 41.2 Å². The topological polar surface area (TPSA) is 40.6 Å². The average Bonchev–Trinajstić information content (AvgIpc) is 2.63. The van der Waals surface area contributed by atoms with Gasteiger partial charge in [0.15, 0.2) is 0 Å². The predicted molar refractivity (Wildman–Crippen MR) is 97.0 cm³/mol. The molecule has 0 aromatic heterocycles. The molecular formula is C19H16Cl2N2O2. The summed E-state index contributed by atoms with van der Waals surface area (Å²) >= 11 is 11.9. The standard InChI is InChI=1S/C19H16Cl2N2O2/c20-15-6-5-13(9-16(15)21)19(25)22-10-17-14-4-2-1-3-12(14)7-8-23(17)18(24)11-22/h1-6,9,17H,7-8,10-11H2/t17-/m0/s1. The molecule has 2 aromatic carbocycles. The number of carbonyl (C=O) groups is 2. The van der Waals surface area contributed by atoms with Crippen molar-refractivity contribution in [2.75, 3.05) is 19.6 Å². The van der Waals surface area contributed by atoms with Gasteiger partial charge in [0.05, 0.1) is 16.1 Å². The molecule has 1 fully saturated rings. The van der Waals surface area contributed by atoms with E-state index < -0.39 is 0 Å². The molecule has 0 radical (unpaired) electrons. The van der Waals surface area contributed by atoms with Crippen molar-refractivity contribution in [2.24, 2.45) is 0 Å². The molecule has 4 nitrogen and oxygen atoms in total. The van der Waals surface area contributed by atoms with E-state index in [9.17, 15) is 9.59 Å². The Morgan fingerprint density at radius 3 is 2.68 bits per heavy atom. The van der Waals surface area contributed by atoms with Crippen LogP contribution >= 0.6 is 23.2 Å². The van der Waals surface area contributed by atoms with Crippen LogP contribution in [0.2, 0.25) is 10.0 Å². The van der Waals surface area contributed by atoms with Crippen LogP contribution in [0.3, 0.4) is 0 Å². The van der Waals surface area contributed by atoms with E-state index >= 15 is 0 Å². The van der Waals surface area contributed by atoms with Crippen LogP contribution in [0.5, 0.6) is 0 Å².